The summed E-state index contributed by atoms with van der Waals surface area (Å²) in [4.78, 5) is 2.22. The van der Waals surface area contributed by atoms with Crippen molar-refractivity contribution in [3.8, 4) is 0 Å². The summed E-state index contributed by atoms with van der Waals surface area (Å²) in [6.45, 7) is 2.42. The van der Waals surface area contributed by atoms with Crippen LogP contribution in [0.4, 0.5) is 8.78 Å². The summed E-state index contributed by atoms with van der Waals surface area (Å²) in [5, 5.41) is 11.8. The van der Waals surface area contributed by atoms with E-state index in [2.05, 4.69) is 17.0 Å². The molecule has 3 aromatic rings. The van der Waals surface area contributed by atoms with Gasteiger partial charge in [0.05, 0.1) is 6.61 Å². The predicted molar refractivity (Wildman–Crippen MR) is 112 cm³/mol. The summed E-state index contributed by atoms with van der Waals surface area (Å²) in [5.41, 5.74) is 0.438. The van der Waals surface area contributed by atoms with Crippen LogP contribution in [0.15, 0.2) is 78.9 Å². The first-order valence-electron chi connectivity index (χ1n) is 10.1. The summed E-state index contributed by atoms with van der Waals surface area (Å²) in [6, 6.07) is 22.6. The predicted octanol–water partition coefficient (Wildman–Crippen LogP) is 4.30. The first-order valence-corrected chi connectivity index (χ1v) is 10.1. The Morgan fingerprint density at radius 3 is 2.40 bits per heavy atom. The lowest BCUT2D eigenvalue weighted by atomic mass is 9.81. The molecule has 5 heteroatoms. The molecule has 0 saturated carbocycles. The van der Waals surface area contributed by atoms with Gasteiger partial charge in [0.25, 0.3) is 0 Å². The fraction of sp³-hybridized carbons (Fsp3) is 0.280. The number of hydrogen-bond acceptors (Lipinski definition) is 3. The lowest BCUT2D eigenvalue weighted by Crippen LogP contribution is -2.53. The molecule has 1 heterocycles. The van der Waals surface area contributed by atoms with E-state index in [4.69, 9.17) is 4.74 Å². The first-order chi connectivity index (χ1) is 14.5. The third kappa shape index (κ3) is 4.59. The van der Waals surface area contributed by atoms with Gasteiger partial charge in [-0.05, 0) is 34.9 Å². The number of nitrogens with zero attached hydrogens (tertiary/aromatic N) is 1. The maximum absolute atomic E-state index is 14.4. The minimum atomic E-state index is -1.49. The van der Waals surface area contributed by atoms with Crippen LogP contribution >= 0.6 is 0 Å². The van der Waals surface area contributed by atoms with Gasteiger partial charge < -0.3 is 9.84 Å². The minimum absolute atomic E-state index is 0.0789. The third-order valence-electron chi connectivity index (χ3n) is 5.67. The van der Waals surface area contributed by atoms with Crippen molar-refractivity contribution in [2.24, 2.45) is 0 Å². The zero-order valence-corrected chi connectivity index (χ0v) is 16.7. The maximum Gasteiger partial charge on any atom is 0.126 e. The second kappa shape index (κ2) is 9.04. The summed E-state index contributed by atoms with van der Waals surface area (Å²) in [5.74, 6) is -1.07. The highest BCUT2D eigenvalue weighted by Crippen LogP contribution is 2.34. The number of ether oxygens (including phenoxy) is 1. The molecule has 0 spiro atoms. The summed E-state index contributed by atoms with van der Waals surface area (Å²) in [6.07, 6.45) is -0.662. The number of hydrogen-bond donors (Lipinski definition) is 1. The van der Waals surface area contributed by atoms with Crippen molar-refractivity contribution in [2.45, 2.75) is 24.7 Å². The van der Waals surface area contributed by atoms with Crippen molar-refractivity contribution in [3.63, 3.8) is 0 Å². The Balaban J connectivity index is 1.63. The molecule has 2 atom stereocenters. The average Bonchev–Trinajstić information content (AvgIpc) is 2.78. The molecule has 30 heavy (non-hydrogen) atoms. The van der Waals surface area contributed by atoms with E-state index in [9.17, 15) is 13.9 Å². The average molecular weight is 409 g/mol. The van der Waals surface area contributed by atoms with E-state index in [0.717, 1.165) is 31.3 Å². The number of rotatable bonds is 6. The summed E-state index contributed by atoms with van der Waals surface area (Å²) >= 11 is 0. The quantitative estimate of drug-likeness (QED) is 0.659. The van der Waals surface area contributed by atoms with E-state index >= 15 is 0 Å². The Bertz CT molecular complexity index is 967. The fourth-order valence-electron chi connectivity index (χ4n) is 4.07. The molecule has 0 aliphatic carbocycles. The van der Waals surface area contributed by atoms with Crippen LogP contribution in [0.3, 0.4) is 0 Å². The van der Waals surface area contributed by atoms with Crippen LogP contribution in [0, 0.1) is 11.6 Å². The standard InChI is InChI=1S/C25H25F2NO2/c26-22-11-12-23(27)20(15-22)16-25(29,21-9-5-2-6-10-21)24-18-28(13-14-30-24)17-19-7-3-1-4-8-19/h1-12,15,24,29H,13-14,16-18H2. The van der Waals surface area contributed by atoms with Crippen LogP contribution in [0.5, 0.6) is 0 Å². The number of benzene rings is 3. The molecule has 0 radical (unpaired) electrons. The zero-order valence-electron chi connectivity index (χ0n) is 16.7. The Kier molecular flexibility index (Phi) is 6.23. The van der Waals surface area contributed by atoms with E-state index in [1.807, 2.05) is 36.4 Å². The van der Waals surface area contributed by atoms with Gasteiger partial charge in [-0.3, -0.25) is 4.90 Å². The Hall–Kier alpha value is -2.60. The molecule has 0 amide bonds. The third-order valence-corrected chi connectivity index (χ3v) is 5.67. The monoisotopic (exact) mass is 409 g/mol. The summed E-state index contributed by atoms with van der Waals surface area (Å²) in [7, 11) is 0. The van der Waals surface area contributed by atoms with Crippen LogP contribution < -0.4 is 0 Å². The summed E-state index contributed by atoms with van der Waals surface area (Å²) < 4.78 is 34.2. The van der Waals surface area contributed by atoms with Gasteiger partial charge in [-0.15, -0.1) is 0 Å². The SMILES string of the molecule is OC(Cc1cc(F)ccc1F)(c1ccccc1)C1CN(Cc2ccccc2)CCO1. The van der Waals surface area contributed by atoms with E-state index in [-0.39, 0.29) is 12.0 Å². The Morgan fingerprint density at radius 1 is 0.967 bits per heavy atom. The lowest BCUT2D eigenvalue weighted by Gasteiger charge is -2.42. The van der Waals surface area contributed by atoms with Gasteiger partial charge in [0.2, 0.25) is 0 Å². The molecule has 3 nitrogen and oxygen atoms in total. The molecule has 1 fully saturated rings. The van der Waals surface area contributed by atoms with E-state index in [0.29, 0.717) is 18.7 Å². The van der Waals surface area contributed by atoms with Gasteiger partial charge in [-0.2, -0.15) is 0 Å². The minimum Gasteiger partial charge on any atom is -0.382 e. The molecule has 1 aliphatic rings. The number of halogens is 2. The lowest BCUT2D eigenvalue weighted by molar-refractivity contribution is -0.150. The molecule has 0 aromatic heterocycles. The normalized spacial score (nSPS) is 19.4. The molecule has 3 aromatic carbocycles. The smallest absolute Gasteiger partial charge is 0.126 e. The van der Waals surface area contributed by atoms with E-state index in [1.54, 1.807) is 12.1 Å². The van der Waals surface area contributed by atoms with Crippen LogP contribution in [-0.2, 0) is 23.3 Å². The topological polar surface area (TPSA) is 32.7 Å². The zero-order chi connectivity index (χ0) is 21.0. The van der Waals surface area contributed by atoms with Gasteiger partial charge in [0, 0.05) is 26.1 Å². The van der Waals surface area contributed by atoms with Crippen LogP contribution in [0.1, 0.15) is 16.7 Å². The second-order valence-electron chi connectivity index (χ2n) is 7.78. The number of morpholine rings is 1. The van der Waals surface area contributed by atoms with Crippen molar-refractivity contribution >= 4 is 0 Å². The number of aliphatic hydroxyl groups is 1. The van der Waals surface area contributed by atoms with Gasteiger partial charge in [-0.1, -0.05) is 60.7 Å². The Morgan fingerprint density at radius 2 is 1.67 bits per heavy atom. The van der Waals surface area contributed by atoms with Gasteiger partial charge in [0.1, 0.15) is 23.3 Å². The molecule has 2 unspecified atom stereocenters. The highest BCUT2D eigenvalue weighted by Gasteiger charge is 2.42. The molecule has 1 aliphatic heterocycles. The molecular formula is C25H25F2NO2. The second-order valence-corrected chi connectivity index (χ2v) is 7.78. The highest BCUT2D eigenvalue weighted by atomic mass is 19.1. The van der Waals surface area contributed by atoms with Gasteiger partial charge in [0.15, 0.2) is 0 Å². The van der Waals surface area contributed by atoms with Crippen molar-refractivity contribution in [1.82, 2.24) is 4.90 Å². The molecule has 0 bridgehead atoms. The van der Waals surface area contributed by atoms with Crippen LogP contribution in [-0.4, -0.2) is 35.8 Å². The highest BCUT2D eigenvalue weighted by molar-refractivity contribution is 5.30. The largest absolute Gasteiger partial charge is 0.382 e. The molecule has 156 valence electrons. The van der Waals surface area contributed by atoms with Gasteiger partial charge >= 0.3 is 0 Å². The van der Waals surface area contributed by atoms with E-state index < -0.39 is 23.3 Å². The Labute approximate surface area is 175 Å². The van der Waals surface area contributed by atoms with Gasteiger partial charge in [-0.25, -0.2) is 8.78 Å². The van der Waals surface area contributed by atoms with Crippen molar-refractivity contribution in [2.75, 3.05) is 19.7 Å². The van der Waals surface area contributed by atoms with E-state index in [1.165, 1.54) is 5.56 Å². The molecule has 1 saturated heterocycles. The first kappa shape index (κ1) is 20.7. The molecular weight excluding hydrogens is 384 g/mol. The molecule has 4 rings (SSSR count). The fourth-order valence-corrected chi connectivity index (χ4v) is 4.07. The molecule has 1 N–H and O–H groups in total. The van der Waals surface area contributed by atoms with Crippen molar-refractivity contribution in [3.05, 3.63) is 107 Å². The van der Waals surface area contributed by atoms with Crippen LogP contribution in [0.25, 0.3) is 0 Å². The van der Waals surface area contributed by atoms with Crippen LogP contribution in [0.2, 0.25) is 0 Å². The van der Waals surface area contributed by atoms with Crippen molar-refractivity contribution < 1.29 is 18.6 Å². The maximum atomic E-state index is 14.4. The van der Waals surface area contributed by atoms with Crippen molar-refractivity contribution in [1.29, 1.82) is 0 Å².